The standard InChI is InChI=1S/C23H29Cl2N5O/c1-3-6-22(29-21-8-5-4-7-20(21)26)28-16(2)31-15-23-27-9-10-30(23)14-17-11-18(24)13-19(25)12-17/h3,6,9-13,20-21,29H,1,4-5,7-8,14-15,26H2,2H3/b22-6+,28-16+. The van der Waals surface area contributed by atoms with Crippen molar-refractivity contribution in [2.45, 2.75) is 57.8 Å². The largest absolute Gasteiger partial charge is 0.473 e. The lowest BCUT2D eigenvalue weighted by Crippen LogP contribution is -2.46. The average Bonchev–Trinajstić information content (AvgIpc) is 3.14. The molecule has 3 N–H and O–H groups in total. The van der Waals surface area contributed by atoms with Crippen LogP contribution in [0.3, 0.4) is 0 Å². The topological polar surface area (TPSA) is 77.5 Å². The van der Waals surface area contributed by atoms with Crippen molar-refractivity contribution in [2.75, 3.05) is 0 Å². The Hall–Kier alpha value is -2.28. The van der Waals surface area contributed by atoms with Crippen molar-refractivity contribution in [1.29, 1.82) is 0 Å². The first kappa shape index (κ1) is 23.4. The van der Waals surface area contributed by atoms with E-state index in [0.717, 1.165) is 24.2 Å². The molecule has 2 aromatic rings. The molecule has 1 aliphatic carbocycles. The van der Waals surface area contributed by atoms with Crippen LogP contribution < -0.4 is 11.1 Å². The fourth-order valence-electron chi connectivity index (χ4n) is 3.65. The number of nitrogens with one attached hydrogen (secondary N) is 1. The van der Waals surface area contributed by atoms with Crippen LogP contribution in [0.2, 0.25) is 10.0 Å². The third-order valence-electron chi connectivity index (χ3n) is 5.19. The van der Waals surface area contributed by atoms with E-state index < -0.39 is 0 Å². The SMILES string of the molecule is C=C/C=C(\N=C(/C)OCc1nccn1Cc1cc(Cl)cc(Cl)c1)NC1CCCCC1N. The number of imidazole rings is 1. The Balaban J connectivity index is 1.62. The lowest BCUT2D eigenvalue weighted by atomic mass is 9.91. The van der Waals surface area contributed by atoms with Crippen LogP contribution in [0.15, 0.2) is 60.1 Å². The van der Waals surface area contributed by atoms with Gasteiger partial charge in [-0.05, 0) is 42.7 Å². The summed E-state index contributed by atoms with van der Waals surface area (Å²) in [7, 11) is 0. The number of allylic oxidation sites excluding steroid dienone is 2. The van der Waals surface area contributed by atoms with Gasteiger partial charge in [0.25, 0.3) is 0 Å². The van der Waals surface area contributed by atoms with Gasteiger partial charge in [-0.2, -0.15) is 0 Å². The number of ether oxygens (including phenoxy) is 1. The molecule has 6 nitrogen and oxygen atoms in total. The normalized spacial score (nSPS) is 19.9. The summed E-state index contributed by atoms with van der Waals surface area (Å²) in [5.74, 6) is 2.01. The smallest absolute Gasteiger partial charge is 0.187 e. The second-order valence-electron chi connectivity index (χ2n) is 7.66. The Labute approximate surface area is 193 Å². The molecule has 0 amide bonds. The number of nitrogens with zero attached hydrogens (tertiary/aromatic N) is 3. The number of benzene rings is 1. The highest BCUT2D eigenvalue weighted by Crippen LogP contribution is 2.20. The molecule has 3 rings (SSSR count). The number of aromatic nitrogens is 2. The molecule has 0 aliphatic heterocycles. The Kier molecular flexibility index (Phi) is 8.58. The highest BCUT2D eigenvalue weighted by atomic mass is 35.5. The predicted molar refractivity (Wildman–Crippen MR) is 127 cm³/mol. The van der Waals surface area contributed by atoms with Crippen LogP contribution in [0.1, 0.15) is 44.0 Å². The quantitative estimate of drug-likeness (QED) is 0.327. The molecule has 1 aromatic carbocycles. The van der Waals surface area contributed by atoms with Gasteiger partial charge in [0.2, 0.25) is 0 Å². The van der Waals surface area contributed by atoms with E-state index in [0.29, 0.717) is 34.9 Å². The molecule has 1 saturated carbocycles. The molecule has 0 bridgehead atoms. The van der Waals surface area contributed by atoms with Gasteiger partial charge in [-0.1, -0.05) is 48.7 Å². The summed E-state index contributed by atoms with van der Waals surface area (Å²) in [6.07, 6.45) is 11.6. The molecule has 166 valence electrons. The number of rotatable bonds is 8. The van der Waals surface area contributed by atoms with Crippen molar-refractivity contribution in [2.24, 2.45) is 10.7 Å². The number of hydrogen-bond donors (Lipinski definition) is 2. The number of hydrogen-bond acceptors (Lipinski definition) is 5. The third kappa shape index (κ3) is 7.13. The maximum atomic E-state index is 6.25. The Bertz CT molecular complexity index is 933. The van der Waals surface area contributed by atoms with Gasteiger partial charge < -0.3 is 20.4 Å². The van der Waals surface area contributed by atoms with Crippen molar-refractivity contribution in [3.8, 4) is 0 Å². The third-order valence-corrected chi connectivity index (χ3v) is 5.63. The van der Waals surface area contributed by atoms with Crippen LogP contribution in [0.5, 0.6) is 0 Å². The van der Waals surface area contributed by atoms with Gasteiger partial charge in [0.05, 0.1) is 0 Å². The molecule has 31 heavy (non-hydrogen) atoms. The summed E-state index contributed by atoms with van der Waals surface area (Å²) < 4.78 is 7.87. The predicted octanol–water partition coefficient (Wildman–Crippen LogP) is 5.06. The lowest BCUT2D eigenvalue weighted by Gasteiger charge is -2.30. The minimum absolute atomic E-state index is 0.130. The first-order chi connectivity index (χ1) is 14.9. The van der Waals surface area contributed by atoms with Crippen LogP contribution in [0, 0.1) is 0 Å². The van der Waals surface area contributed by atoms with Crippen molar-refractivity contribution in [1.82, 2.24) is 14.9 Å². The van der Waals surface area contributed by atoms with E-state index in [4.69, 9.17) is 33.7 Å². The summed E-state index contributed by atoms with van der Waals surface area (Å²) in [5.41, 5.74) is 7.24. The fourth-order valence-corrected chi connectivity index (χ4v) is 4.22. The maximum Gasteiger partial charge on any atom is 0.187 e. The number of nitrogens with two attached hydrogens (primary N) is 1. The zero-order chi connectivity index (χ0) is 22.2. The highest BCUT2D eigenvalue weighted by Gasteiger charge is 2.22. The van der Waals surface area contributed by atoms with E-state index in [1.165, 1.54) is 12.8 Å². The van der Waals surface area contributed by atoms with E-state index in [-0.39, 0.29) is 12.1 Å². The van der Waals surface area contributed by atoms with Crippen molar-refractivity contribution in [3.63, 3.8) is 0 Å². The van der Waals surface area contributed by atoms with Gasteiger partial charge in [-0.3, -0.25) is 0 Å². The molecule has 1 heterocycles. The van der Waals surface area contributed by atoms with E-state index in [2.05, 4.69) is 21.9 Å². The van der Waals surface area contributed by atoms with Gasteiger partial charge in [-0.15, -0.1) is 0 Å². The van der Waals surface area contributed by atoms with Crippen LogP contribution in [-0.2, 0) is 17.9 Å². The molecule has 0 spiro atoms. The van der Waals surface area contributed by atoms with Crippen LogP contribution in [-0.4, -0.2) is 27.5 Å². The van der Waals surface area contributed by atoms with Crippen LogP contribution >= 0.6 is 23.2 Å². The molecule has 8 heteroatoms. The maximum absolute atomic E-state index is 6.25. The van der Waals surface area contributed by atoms with Crippen molar-refractivity contribution in [3.05, 3.63) is 76.6 Å². The molecule has 2 atom stereocenters. The van der Waals surface area contributed by atoms with Crippen molar-refractivity contribution < 1.29 is 4.74 Å². The van der Waals surface area contributed by atoms with Gasteiger partial charge in [0.15, 0.2) is 5.90 Å². The number of halogens is 2. The van der Waals surface area contributed by atoms with Gasteiger partial charge in [-0.25, -0.2) is 9.98 Å². The molecule has 1 aliphatic rings. The molecule has 1 fully saturated rings. The molecule has 0 saturated heterocycles. The van der Waals surface area contributed by atoms with E-state index in [1.807, 2.05) is 35.9 Å². The highest BCUT2D eigenvalue weighted by molar-refractivity contribution is 6.34. The van der Waals surface area contributed by atoms with Crippen molar-refractivity contribution >= 4 is 29.1 Å². The monoisotopic (exact) mass is 461 g/mol. The first-order valence-corrected chi connectivity index (χ1v) is 11.2. The molecule has 2 unspecified atom stereocenters. The fraction of sp³-hybridized carbons (Fsp3) is 0.391. The summed E-state index contributed by atoms with van der Waals surface area (Å²) >= 11 is 12.2. The Morgan fingerprint density at radius 3 is 2.77 bits per heavy atom. The molecular formula is C23H29Cl2N5O. The summed E-state index contributed by atoms with van der Waals surface area (Å²) in [6, 6.07) is 5.83. The summed E-state index contributed by atoms with van der Waals surface area (Å²) in [5, 5.41) is 4.65. The minimum atomic E-state index is 0.130. The second kappa shape index (κ2) is 11.4. The first-order valence-electron chi connectivity index (χ1n) is 10.4. The zero-order valence-corrected chi connectivity index (χ0v) is 19.2. The summed E-state index contributed by atoms with van der Waals surface area (Å²) in [6.45, 7) is 6.49. The van der Waals surface area contributed by atoms with E-state index in [9.17, 15) is 0 Å². The van der Waals surface area contributed by atoms with Gasteiger partial charge in [0, 0.05) is 48.0 Å². The number of aliphatic imine (C=N–C) groups is 1. The molecular weight excluding hydrogens is 433 g/mol. The minimum Gasteiger partial charge on any atom is -0.473 e. The Morgan fingerprint density at radius 2 is 2.06 bits per heavy atom. The van der Waals surface area contributed by atoms with Gasteiger partial charge >= 0.3 is 0 Å². The summed E-state index contributed by atoms with van der Waals surface area (Å²) in [4.78, 5) is 8.98. The molecule has 0 radical (unpaired) electrons. The van der Waals surface area contributed by atoms with Gasteiger partial charge in [0.1, 0.15) is 18.3 Å². The zero-order valence-electron chi connectivity index (χ0n) is 17.7. The van der Waals surface area contributed by atoms with Crippen LogP contribution in [0.25, 0.3) is 0 Å². The Morgan fingerprint density at radius 1 is 1.32 bits per heavy atom. The lowest BCUT2D eigenvalue weighted by molar-refractivity contribution is 0.273. The second-order valence-corrected chi connectivity index (χ2v) is 8.53. The molecule has 1 aromatic heterocycles. The van der Waals surface area contributed by atoms with E-state index >= 15 is 0 Å². The van der Waals surface area contributed by atoms with E-state index in [1.54, 1.807) is 18.3 Å². The average molecular weight is 462 g/mol. The van der Waals surface area contributed by atoms with Crippen LogP contribution in [0.4, 0.5) is 0 Å².